The number of hydrogen-bond donors (Lipinski definition) is 0. The summed E-state index contributed by atoms with van der Waals surface area (Å²) in [6, 6.07) is 9.63. The van der Waals surface area contributed by atoms with Gasteiger partial charge in [-0.1, -0.05) is 18.2 Å². The molecule has 1 rings (SSSR count). The molecular weight excluding hydrogens is 316 g/mol. The molecule has 0 radical (unpaired) electrons. The smallest absolute Gasteiger partial charge is 0.218 e. The van der Waals surface area contributed by atoms with E-state index in [1.165, 1.54) is 0 Å². The maximum Gasteiger partial charge on any atom is 0.218 e. The fraction of sp³-hybridized carbons (Fsp3) is 0.700. The molecule has 1 atom stereocenters. The molecule has 0 spiro atoms. The Bertz CT molecular complexity index is 557. The molecular formula is C20H34N2O3. The van der Waals surface area contributed by atoms with Gasteiger partial charge in [-0.2, -0.15) is 5.11 Å². The second kappa shape index (κ2) is 7.83. The molecule has 0 amide bonds. The Morgan fingerprint density at radius 1 is 0.760 bits per heavy atom. The van der Waals surface area contributed by atoms with Crippen LogP contribution in [-0.2, 0) is 9.78 Å². The van der Waals surface area contributed by atoms with Crippen LogP contribution >= 0.6 is 0 Å². The third-order valence-corrected chi connectivity index (χ3v) is 2.91. The molecule has 5 heteroatoms. The average molecular weight is 351 g/mol. The van der Waals surface area contributed by atoms with Crippen molar-refractivity contribution in [1.29, 1.82) is 0 Å². The lowest BCUT2D eigenvalue weighted by atomic mass is 9.97. The molecule has 0 heterocycles. The summed E-state index contributed by atoms with van der Waals surface area (Å²) in [5, 5.41) is 8.94. The fourth-order valence-electron chi connectivity index (χ4n) is 2.15. The van der Waals surface area contributed by atoms with Gasteiger partial charge in [-0.15, -0.1) is 5.11 Å². The molecule has 0 fully saturated rings. The Balaban J connectivity index is 2.99. The Morgan fingerprint density at radius 3 is 1.80 bits per heavy atom. The number of rotatable bonds is 7. The fourth-order valence-corrected chi connectivity index (χ4v) is 2.15. The highest BCUT2D eigenvalue weighted by atomic mass is 17.2. The minimum atomic E-state index is -0.876. The first-order valence-electron chi connectivity index (χ1n) is 8.75. The third kappa shape index (κ3) is 9.56. The zero-order chi connectivity index (χ0) is 19.4. The third-order valence-electron chi connectivity index (χ3n) is 2.91. The van der Waals surface area contributed by atoms with Gasteiger partial charge < -0.3 is 4.74 Å². The Hall–Kier alpha value is -1.46. The molecule has 1 aromatic rings. The van der Waals surface area contributed by atoms with Crippen molar-refractivity contribution in [2.24, 2.45) is 10.2 Å². The Kier molecular flexibility index (Phi) is 6.76. The molecule has 1 aromatic carbocycles. The molecule has 1 unspecified atom stereocenters. The summed E-state index contributed by atoms with van der Waals surface area (Å²) < 4.78 is 6.17. The largest absolute Gasteiger partial charge is 0.465 e. The lowest BCUT2D eigenvalue weighted by molar-refractivity contribution is -0.401. The van der Waals surface area contributed by atoms with Crippen LogP contribution in [0.25, 0.3) is 0 Å². The normalized spacial score (nSPS) is 16.0. The second-order valence-corrected chi connectivity index (χ2v) is 9.18. The maximum absolute atomic E-state index is 6.17. The van der Waals surface area contributed by atoms with Gasteiger partial charge >= 0.3 is 0 Å². The molecule has 0 aliphatic rings. The van der Waals surface area contributed by atoms with Crippen molar-refractivity contribution >= 4 is 0 Å². The van der Waals surface area contributed by atoms with E-state index in [1.54, 1.807) is 0 Å². The summed E-state index contributed by atoms with van der Waals surface area (Å²) in [4.78, 5) is 11.2. The molecule has 5 nitrogen and oxygen atoms in total. The number of ether oxygens (including phenoxy) is 1. The van der Waals surface area contributed by atoms with Crippen LogP contribution in [0.2, 0.25) is 0 Å². The molecule has 25 heavy (non-hydrogen) atoms. The minimum Gasteiger partial charge on any atom is -0.465 e. The van der Waals surface area contributed by atoms with Gasteiger partial charge in [0, 0.05) is 6.42 Å². The summed E-state index contributed by atoms with van der Waals surface area (Å²) in [6.45, 7) is 17.7. The Labute approximate surface area is 152 Å². The topological polar surface area (TPSA) is 52.4 Å². The SMILES string of the molecule is CC(C)(C)N=NC(C)(CC(C)(C)OOC(C)(C)C)Oc1ccccc1. The van der Waals surface area contributed by atoms with Crippen molar-refractivity contribution in [2.45, 2.75) is 91.2 Å². The highest BCUT2D eigenvalue weighted by molar-refractivity contribution is 5.22. The lowest BCUT2D eigenvalue weighted by Gasteiger charge is -2.35. The van der Waals surface area contributed by atoms with Crippen LogP contribution in [0.5, 0.6) is 5.75 Å². The van der Waals surface area contributed by atoms with Crippen molar-refractivity contribution in [2.75, 3.05) is 0 Å². The van der Waals surface area contributed by atoms with E-state index in [-0.39, 0.29) is 11.1 Å². The van der Waals surface area contributed by atoms with Crippen LogP contribution in [0.3, 0.4) is 0 Å². The highest BCUT2D eigenvalue weighted by Crippen LogP contribution is 2.32. The zero-order valence-corrected chi connectivity index (χ0v) is 17.2. The van der Waals surface area contributed by atoms with Gasteiger partial charge in [-0.05, 0) is 74.4 Å². The zero-order valence-electron chi connectivity index (χ0n) is 17.2. The summed E-state index contributed by atoms with van der Waals surface area (Å²) in [7, 11) is 0. The highest BCUT2D eigenvalue weighted by Gasteiger charge is 2.37. The molecule has 0 aliphatic carbocycles. The van der Waals surface area contributed by atoms with Gasteiger partial charge in [0.15, 0.2) is 0 Å². The summed E-state index contributed by atoms with van der Waals surface area (Å²) in [5.74, 6) is 0.741. The van der Waals surface area contributed by atoms with Crippen LogP contribution in [0, 0.1) is 0 Å². The first-order chi connectivity index (χ1) is 11.2. The number of para-hydroxylation sites is 1. The number of benzene rings is 1. The van der Waals surface area contributed by atoms with Gasteiger partial charge in [0.2, 0.25) is 5.72 Å². The van der Waals surface area contributed by atoms with Crippen LogP contribution in [0.1, 0.15) is 68.7 Å². The van der Waals surface area contributed by atoms with E-state index < -0.39 is 11.3 Å². The molecule has 0 bridgehead atoms. The van der Waals surface area contributed by atoms with E-state index >= 15 is 0 Å². The van der Waals surface area contributed by atoms with Gasteiger partial charge in [-0.25, -0.2) is 9.78 Å². The van der Waals surface area contributed by atoms with Gasteiger partial charge in [0.25, 0.3) is 0 Å². The van der Waals surface area contributed by atoms with E-state index in [2.05, 4.69) is 10.2 Å². The monoisotopic (exact) mass is 350 g/mol. The van der Waals surface area contributed by atoms with Gasteiger partial charge in [0.1, 0.15) is 11.4 Å². The van der Waals surface area contributed by atoms with Crippen molar-refractivity contribution in [1.82, 2.24) is 0 Å². The van der Waals surface area contributed by atoms with E-state index in [4.69, 9.17) is 14.5 Å². The summed E-state index contributed by atoms with van der Waals surface area (Å²) >= 11 is 0. The van der Waals surface area contributed by atoms with E-state index in [1.807, 2.05) is 92.6 Å². The first-order valence-corrected chi connectivity index (χ1v) is 8.75. The number of azo groups is 1. The predicted molar refractivity (Wildman–Crippen MR) is 101 cm³/mol. The second-order valence-electron chi connectivity index (χ2n) is 9.18. The molecule has 0 saturated heterocycles. The first kappa shape index (κ1) is 21.6. The van der Waals surface area contributed by atoms with E-state index in [9.17, 15) is 0 Å². The van der Waals surface area contributed by atoms with Crippen molar-refractivity contribution < 1.29 is 14.5 Å². The van der Waals surface area contributed by atoms with Crippen LogP contribution in [-0.4, -0.2) is 22.5 Å². The minimum absolute atomic E-state index is 0.284. The van der Waals surface area contributed by atoms with Crippen molar-refractivity contribution in [3.63, 3.8) is 0 Å². The van der Waals surface area contributed by atoms with E-state index in [0.29, 0.717) is 6.42 Å². The molecule has 142 valence electrons. The summed E-state index contributed by atoms with van der Waals surface area (Å²) in [6.07, 6.45) is 0.477. The molecule has 0 N–H and O–H groups in total. The molecule has 0 aliphatic heterocycles. The van der Waals surface area contributed by atoms with E-state index in [0.717, 1.165) is 5.75 Å². The predicted octanol–water partition coefficient (Wildman–Crippen LogP) is 5.95. The molecule has 0 aromatic heterocycles. The van der Waals surface area contributed by atoms with Gasteiger partial charge in [0.05, 0.1) is 11.1 Å². The quantitative estimate of drug-likeness (QED) is 0.347. The van der Waals surface area contributed by atoms with Crippen LogP contribution in [0.4, 0.5) is 0 Å². The average Bonchev–Trinajstić information content (AvgIpc) is 2.42. The number of hydrogen-bond acceptors (Lipinski definition) is 5. The standard InChI is InChI=1S/C20H34N2O3/c1-17(2,3)21-22-20(9,23-16-13-11-10-12-14-16)15-19(7,8)25-24-18(4,5)6/h10-14H,15H2,1-9H3. The van der Waals surface area contributed by atoms with Crippen molar-refractivity contribution in [3.8, 4) is 5.75 Å². The lowest BCUT2D eigenvalue weighted by Crippen LogP contribution is -2.41. The molecule has 0 saturated carbocycles. The van der Waals surface area contributed by atoms with Gasteiger partial charge in [-0.3, -0.25) is 0 Å². The van der Waals surface area contributed by atoms with Crippen LogP contribution < -0.4 is 4.74 Å². The maximum atomic E-state index is 6.17. The summed E-state index contributed by atoms with van der Waals surface area (Å²) in [5.41, 5.74) is -2.15. The number of nitrogens with zero attached hydrogens (tertiary/aromatic N) is 2. The van der Waals surface area contributed by atoms with Crippen molar-refractivity contribution in [3.05, 3.63) is 30.3 Å². The Morgan fingerprint density at radius 2 is 1.32 bits per heavy atom. The van der Waals surface area contributed by atoms with Crippen LogP contribution in [0.15, 0.2) is 40.6 Å².